The number of primary amides is 1. The lowest BCUT2D eigenvalue weighted by atomic mass is 9.95. The van der Waals surface area contributed by atoms with E-state index in [2.05, 4.69) is 10.3 Å². The van der Waals surface area contributed by atoms with Crippen LogP contribution in [0.2, 0.25) is 0 Å². The zero-order chi connectivity index (χ0) is 18.3. The van der Waals surface area contributed by atoms with E-state index in [4.69, 9.17) is 5.73 Å². The Morgan fingerprint density at radius 2 is 2.12 bits per heavy atom. The molecule has 3 N–H and O–H groups in total. The number of rotatable bonds is 4. The van der Waals surface area contributed by atoms with Crippen LogP contribution in [0, 0.1) is 0 Å². The predicted octanol–water partition coefficient (Wildman–Crippen LogP) is 2.14. The quantitative estimate of drug-likeness (QED) is 0.714. The second-order valence-electron chi connectivity index (χ2n) is 6.14. The number of hydrogen-bond acceptors (Lipinski definition) is 6. The van der Waals surface area contributed by atoms with Crippen LogP contribution in [0.3, 0.4) is 0 Å². The van der Waals surface area contributed by atoms with Gasteiger partial charge in [0.2, 0.25) is 5.91 Å². The van der Waals surface area contributed by atoms with Gasteiger partial charge in [0.1, 0.15) is 16.4 Å². The van der Waals surface area contributed by atoms with E-state index in [0.29, 0.717) is 20.8 Å². The highest BCUT2D eigenvalue weighted by Crippen LogP contribution is 2.37. The van der Waals surface area contributed by atoms with Crippen molar-refractivity contribution in [2.24, 2.45) is 5.73 Å². The van der Waals surface area contributed by atoms with E-state index in [0.717, 1.165) is 36.1 Å². The van der Waals surface area contributed by atoms with Gasteiger partial charge in [-0.2, -0.15) is 0 Å². The third-order valence-electron chi connectivity index (χ3n) is 4.44. The zero-order valence-corrected chi connectivity index (χ0v) is 15.4. The van der Waals surface area contributed by atoms with Gasteiger partial charge in [-0.15, -0.1) is 22.7 Å². The van der Waals surface area contributed by atoms with Crippen molar-refractivity contribution in [2.45, 2.75) is 32.2 Å². The standard InChI is InChI=1S/C17H16N4O3S2/c18-14(23)13-9-3-1-2-4-11(9)26-16(13)20-12(22)7-21-8-19-15-10(17(21)24)5-6-25-15/h5-6,8H,1-4,7H2,(H2,18,23)(H,20,22). The molecule has 9 heteroatoms. The Labute approximate surface area is 156 Å². The van der Waals surface area contributed by atoms with Crippen LogP contribution in [0.5, 0.6) is 0 Å². The van der Waals surface area contributed by atoms with Gasteiger partial charge in [-0.05, 0) is 42.7 Å². The molecule has 0 unspecified atom stereocenters. The molecular weight excluding hydrogens is 372 g/mol. The molecule has 7 nitrogen and oxygen atoms in total. The minimum absolute atomic E-state index is 0.168. The maximum absolute atomic E-state index is 12.5. The van der Waals surface area contributed by atoms with Crippen molar-refractivity contribution in [2.75, 3.05) is 5.32 Å². The smallest absolute Gasteiger partial charge is 0.262 e. The number of hydrogen-bond donors (Lipinski definition) is 2. The van der Waals surface area contributed by atoms with Crippen molar-refractivity contribution in [1.29, 1.82) is 0 Å². The second-order valence-corrected chi connectivity index (χ2v) is 8.14. The number of anilines is 1. The van der Waals surface area contributed by atoms with Gasteiger partial charge in [-0.1, -0.05) is 0 Å². The molecule has 4 rings (SSSR count). The summed E-state index contributed by atoms with van der Waals surface area (Å²) in [5.74, 6) is -0.914. The molecule has 3 heterocycles. The fraction of sp³-hybridized carbons (Fsp3) is 0.294. The molecule has 26 heavy (non-hydrogen) atoms. The first-order valence-electron chi connectivity index (χ1n) is 8.21. The Bertz CT molecular complexity index is 1080. The fourth-order valence-corrected chi connectivity index (χ4v) is 5.28. The molecule has 1 aliphatic carbocycles. The largest absolute Gasteiger partial charge is 0.365 e. The Morgan fingerprint density at radius 1 is 1.31 bits per heavy atom. The first kappa shape index (κ1) is 16.9. The third-order valence-corrected chi connectivity index (χ3v) is 6.46. The molecule has 3 aromatic heterocycles. The average molecular weight is 388 g/mol. The van der Waals surface area contributed by atoms with Crippen LogP contribution in [0.1, 0.15) is 33.6 Å². The van der Waals surface area contributed by atoms with E-state index in [1.165, 1.54) is 33.6 Å². The number of fused-ring (bicyclic) bond motifs is 2. The highest BCUT2D eigenvalue weighted by Gasteiger charge is 2.25. The molecule has 0 fully saturated rings. The Hall–Kier alpha value is -2.52. The summed E-state index contributed by atoms with van der Waals surface area (Å²) >= 11 is 2.78. The summed E-state index contributed by atoms with van der Waals surface area (Å²) in [7, 11) is 0. The van der Waals surface area contributed by atoms with Gasteiger partial charge in [0.25, 0.3) is 11.5 Å². The highest BCUT2D eigenvalue weighted by atomic mass is 32.1. The van der Waals surface area contributed by atoms with Crippen LogP contribution in [0.4, 0.5) is 5.00 Å². The third kappa shape index (κ3) is 2.93. The van der Waals surface area contributed by atoms with Crippen molar-refractivity contribution in [3.05, 3.63) is 44.1 Å². The van der Waals surface area contributed by atoms with Crippen molar-refractivity contribution < 1.29 is 9.59 Å². The number of amides is 2. The monoisotopic (exact) mass is 388 g/mol. The first-order chi connectivity index (χ1) is 12.5. The number of carbonyl (C=O) groups is 2. The van der Waals surface area contributed by atoms with Crippen molar-refractivity contribution in [3.63, 3.8) is 0 Å². The molecule has 1 aliphatic rings. The van der Waals surface area contributed by atoms with Crippen molar-refractivity contribution >= 4 is 49.7 Å². The summed E-state index contributed by atoms with van der Waals surface area (Å²) in [6, 6.07) is 1.70. The van der Waals surface area contributed by atoms with Gasteiger partial charge < -0.3 is 11.1 Å². The molecular formula is C17H16N4O3S2. The SMILES string of the molecule is NC(=O)c1c(NC(=O)Cn2cnc3sccc3c2=O)sc2c1CCCC2. The number of aryl methyl sites for hydroxylation is 1. The molecule has 0 aliphatic heterocycles. The zero-order valence-electron chi connectivity index (χ0n) is 13.8. The molecule has 2 amide bonds. The van der Waals surface area contributed by atoms with E-state index in [9.17, 15) is 14.4 Å². The molecule has 0 bridgehead atoms. The Kier molecular flexibility index (Phi) is 4.33. The topological polar surface area (TPSA) is 107 Å². The number of nitrogens with one attached hydrogen (secondary N) is 1. The van der Waals surface area contributed by atoms with Crippen molar-refractivity contribution in [1.82, 2.24) is 9.55 Å². The average Bonchev–Trinajstić information content (AvgIpc) is 3.21. The number of aromatic nitrogens is 2. The van der Waals surface area contributed by atoms with Gasteiger partial charge in [0, 0.05) is 4.88 Å². The van der Waals surface area contributed by atoms with Gasteiger partial charge in [0.05, 0.1) is 17.3 Å². The molecule has 0 aromatic carbocycles. The fourth-order valence-electron chi connectivity index (χ4n) is 3.24. The summed E-state index contributed by atoms with van der Waals surface area (Å²) in [5, 5.41) is 5.52. The molecule has 3 aromatic rings. The lowest BCUT2D eigenvalue weighted by molar-refractivity contribution is -0.116. The lowest BCUT2D eigenvalue weighted by Gasteiger charge is -2.11. The highest BCUT2D eigenvalue weighted by molar-refractivity contribution is 7.17. The minimum Gasteiger partial charge on any atom is -0.365 e. The predicted molar refractivity (Wildman–Crippen MR) is 102 cm³/mol. The van der Waals surface area contributed by atoms with Gasteiger partial charge in [-0.25, -0.2) is 4.98 Å². The van der Waals surface area contributed by atoms with Gasteiger partial charge >= 0.3 is 0 Å². The van der Waals surface area contributed by atoms with E-state index < -0.39 is 5.91 Å². The van der Waals surface area contributed by atoms with Crippen LogP contribution in [-0.2, 0) is 24.2 Å². The molecule has 0 radical (unpaired) electrons. The summed E-state index contributed by atoms with van der Waals surface area (Å²) in [6.07, 6.45) is 5.15. The molecule has 0 saturated heterocycles. The summed E-state index contributed by atoms with van der Waals surface area (Å²) in [5.41, 5.74) is 6.66. The number of carbonyl (C=O) groups excluding carboxylic acids is 2. The minimum atomic E-state index is -0.529. The number of nitrogens with zero attached hydrogens (tertiary/aromatic N) is 2. The number of thiophene rings is 2. The van der Waals surface area contributed by atoms with Crippen molar-refractivity contribution in [3.8, 4) is 0 Å². The second kappa shape index (κ2) is 6.65. The summed E-state index contributed by atoms with van der Waals surface area (Å²) < 4.78 is 1.27. The van der Waals surface area contributed by atoms with E-state index in [-0.39, 0.29) is 18.0 Å². The molecule has 0 atom stereocenters. The molecule has 0 saturated carbocycles. The van der Waals surface area contributed by atoms with Gasteiger partial charge in [0.15, 0.2) is 0 Å². The van der Waals surface area contributed by atoms with Crippen LogP contribution in [0.25, 0.3) is 10.2 Å². The van der Waals surface area contributed by atoms with Crippen LogP contribution in [-0.4, -0.2) is 21.4 Å². The maximum atomic E-state index is 12.5. The number of nitrogens with two attached hydrogens (primary N) is 1. The Balaban J connectivity index is 1.60. The van der Waals surface area contributed by atoms with E-state index in [1.54, 1.807) is 11.4 Å². The van der Waals surface area contributed by atoms with Gasteiger partial charge in [-0.3, -0.25) is 19.0 Å². The maximum Gasteiger partial charge on any atom is 0.262 e. The van der Waals surface area contributed by atoms with Crippen LogP contribution in [0.15, 0.2) is 22.6 Å². The Morgan fingerprint density at radius 3 is 2.92 bits per heavy atom. The van der Waals surface area contributed by atoms with E-state index in [1.807, 2.05) is 0 Å². The molecule has 0 spiro atoms. The van der Waals surface area contributed by atoms with E-state index >= 15 is 0 Å². The normalized spacial score (nSPS) is 13.5. The first-order valence-corrected chi connectivity index (χ1v) is 9.91. The molecule has 134 valence electrons. The summed E-state index contributed by atoms with van der Waals surface area (Å²) in [6.45, 7) is -0.168. The van der Waals surface area contributed by atoms with Crippen LogP contribution >= 0.6 is 22.7 Å². The lowest BCUT2D eigenvalue weighted by Crippen LogP contribution is -2.28. The van der Waals surface area contributed by atoms with Crippen LogP contribution < -0.4 is 16.6 Å². The summed E-state index contributed by atoms with van der Waals surface area (Å²) in [4.78, 5) is 42.7.